The fraction of sp³-hybridized carbons (Fsp3) is 0.429. The van der Waals surface area contributed by atoms with Crippen LogP contribution in [0.15, 0.2) is 47.8 Å². The minimum Gasteiger partial charge on any atom is -0.376 e. The number of amides is 2. The maximum absolute atomic E-state index is 13.1. The number of thiophene rings is 1. The Kier molecular flexibility index (Phi) is 7.01. The molecule has 0 radical (unpaired) electrons. The van der Waals surface area contributed by atoms with Gasteiger partial charge < -0.3 is 14.5 Å². The van der Waals surface area contributed by atoms with Crippen LogP contribution in [0.1, 0.15) is 30.2 Å². The third-order valence-electron chi connectivity index (χ3n) is 4.72. The second-order valence-corrected chi connectivity index (χ2v) is 7.88. The lowest BCUT2D eigenvalue weighted by Gasteiger charge is -2.28. The van der Waals surface area contributed by atoms with Gasteiger partial charge in [-0.15, -0.1) is 11.3 Å². The van der Waals surface area contributed by atoms with Crippen LogP contribution in [0, 0.1) is 0 Å². The fourth-order valence-electron chi connectivity index (χ4n) is 3.23. The largest absolute Gasteiger partial charge is 0.376 e. The topological polar surface area (TPSA) is 49.9 Å². The number of ether oxygens (including phenoxy) is 1. The molecule has 6 heteroatoms. The Balaban J connectivity index is 1.68. The van der Waals surface area contributed by atoms with E-state index in [0.717, 1.165) is 29.9 Å². The summed E-state index contributed by atoms with van der Waals surface area (Å²) in [6.07, 6.45) is 2.01. The molecule has 1 aliphatic heterocycles. The van der Waals surface area contributed by atoms with Crippen LogP contribution in [-0.4, -0.2) is 47.4 Å². The molecular weight excluding hydrogens is 360 g/mol. The third kappa shape index (κ3) is 5.91. The summed E-state index contributed by atoms with van der Waals surface area (Å²) in [5, 5.41) is 2.01. The van der Waals surface area contributed by atoms with Crippen LogP contribution in [0.3, 0.4) is 0 Å². The first-order chi connectivity index (χ1) is 13.1. The predicted molar refractivity (Wildman–Crippen MR) is 106 cm³/mol. The quantitative estimate of drug-likeness (QED) is 0.699. The highest BCUT2D eigenvalue weighted by molar-refractivity contribution is 7.09. The zero-order valence-corrected chi connectivity index (χ0v) is 16.5. The summed E-state index contributed by atoms with van der Waals surface area (Å²) in [4.78, 5) is 29.7. The fourth-order valence-corrected chi connectivity index (χ4v) is 3.95. The van der Waals surface area contributed by atoms with Gasteiger partial charge in [-0.3, -0.25) is 9.59 Å². The van der Waals surface area contributed by atoms with Crippen LogP contribution in [0.25, 0.3) is 0 Å². The zero-order chi connectivity index (χ0) is 19.1. The molecule has 2 aromatic rings. The van der Waals surface area contributed by atoms with Crippen molar-refractivity contribution >= 4 is 23.2 Å². The Labute approximate surface area is 164 Å². The van der Waals surface area contributed by atoms with Crippen molar-refractivity contribution in [1.29, 1.82) is 0 Å². The number of carbonyl (C=O) groups is 2. The summed E-state index contributed by atoms with van der Waals surface area (Å²) in [7, 11) is 0. The molecule has 1 aromatic heterocycles. The average Bonchev–Trinajstić information content (AvgIpc) is 3.35. The van der Waals surface area contributed by atoms with E-state index < -0.39 is 0 Å². The van der Waals surface area contributed by atoms with Crippen molar-refractivity contribution in [1.82, 2.24) is 9.80 Å². The molecule has 2 amide bonds. The second-order valence-electron chi connectivity index (χ2n) is 6.85. The molecule has 2 heterocycles. The Morgan fingerprint density at radius 1 is 1.11 bits per heavy atom. The molecule has 27 heavy (non-hydrogen) atoms. The molecule has 144 valence electrons. The molecule has 0 spiro atoms. The lowest BCUT2D eigenvalue weighted by Crippen LogP contribution is -2.44. The lowest BCUT2D eigenvalue weighted by atomic mass is 10.2. The lowest BCUT2D eigenvalue weighted by molar-refractivity contribution is -0.141. The second kappa shape index (κ2) is 9.67. The number of nitrogens with zero attached hydrogens (tertiary/aromatic N) is 2. The van der Waals surface area contributed by atoms with Crippen LogP contribution in [0.4, 0.5) is 0 Å². The van der Waals surface area contributed by atoms with Crippen molar-refractivity contribution in [3.8, 4) is 0 Å². The van der Waals surface area contributed by atoms with E-state index in [1.54, 1.807) is 16.2 Å². The summed E-state index contributed by atoms with van der Waals surface area (Å²) < 4.78 is 5.64. The summed E-state index contributed by atoms with van der Waals surface area (Å²) in [5.74, 6) is -0.130. The molecule has 5 nitrogen and oxygen atoms in total. The molecule has 1 aromatic carbocycles. The molecule has 1 saturated heterocycles. The molecule has 1 atom stereocenters. The monoisotopic (exact) mass is 386 g/mol. The van der Waals surface area contributed by atoms with Gasteiger partial charge in [-0.05, 0) is 29.9 Å². The number of rotatable bonds is 8. The van der Waals surface area contributed by atoms with E-state index >= 15 is 0 Å². The normalized spacial score (nSPS) is 16.3. The third-order valence-corrected chi connectivity index (χ3v) is 5.58. The van der Waals surface area contributed by atoms with E-state index in [1.165, 1.54) is 6.92 Å². The van der Waals surface area contributed by atoms with Crippen LogP contribution < -0.4 is 0 Å². The Bertz CT molecular complexity index is 727. The van der Waals surface area contributed by atoms with E-state index in [1.807, 2.05) is 52.7 Å². The van der Waals surface area contributed by atoms with Gasteiger partial charge in [-0.1, -0.05) is 36.4 Å². The molecule has 1 unspecified atom stereocenters. The van der Waals surface area contributed by atoms with Crippen LogP contribution in [0.2, 0.25) is 0 Å². The van der Waals surface area contributed by atoms with Crippen molar-refractivity contribution in [2.24, 2.45) is 0 Å². The summed E-state index contributed by atoms with van der Waals surface area (Å²) in [5.41, 5.74) is 1.08. The van der Waals surface area contributed by atoms with E-state index in [9.17, 15) is 9.59 Å². The minimum absolute atomic E-state index is 0.0413. The van der Waals surface area contributed by atoms with Gasteiger partial charge in [0, 0.05) is 31.5 Å². The first kappa shape index (κ1) is 19.6. The smallest absolute Gasteiger partial charge is 0.242 e. The maximum Gasteiger partial charge on any atom is 0.242 e. The van der Waals surface area contributed by atoms with Gasteiger partial charge in [-0.2, -0.15) is 0 Å². The van der Waals surface area contributed by atoms with Crippen LogP contribution in [0.5, 0.6) is 0 Å². The summed E-state index contributed by atoms with van der Waals surface area (Å²) in [6, 6.07) is 14.0. The molecular formula is C21H26N2O3S. The number of carbonyl (C=O) groups excluding carboxylic acids is 2. The highest BCUT2D eigenvalue weighted by Gasteiger charge is 2.24. The van der Waals surface area contributed by atoms with Gasteiger partial charge in [0.2, 0.25) is 11.8 Å². The maximum atomic E-state index is 13.1. The molecule has 3 rings (SSSR count). The molecule has 0 bridgehead atoms. The SMILES string of the molecule is CC(=O)N(CC(=O)N(Cc1ccccc1)Cc1cccs1)CC1CCCO1. The van der Waals surface area contributed by atoms with Crippen molar-refractivity contribution < 1.29 is 14.3 Å². The van der Waals surface area contributed by atoms with Gasteiger partial charge in [0.05, 0.1) is 19.2 Å². The van der Waals surface area contributed by atoms with E-state index in [2.05, 4.69) is 0 Å². The van der Waals surface area contributed by atoms with Crippen molar-refractivity contribution in [2.45, 2.75) is 39.0 Å². The summed E-state index contributed by atoms with van der Waals surface area (Å²) in [6.45, 7) is 3.92. The zero-order valence-electron chi connectivity index (χ0n) is 15.7. The van der Waals surface area contributed by atoms with Crippen molar-refractivity contribution in [2.75, 3.05) is 19.7 Å². The van der Waals surface area contributed by atoms with Gasteiger partial charge in [-0.25, -0.2) is 0 Å². The Hall–Kier alpha value is -2.18. The first-order valence-electron chi connectivity index (χ1n) is 9.33. The highest BCUT2D eigenvalue weighted by Crippen LogP contribution is 2.17. The molecule has 1 fully saturated rings. The predicted octanol–water partition coefficient (Wildman–Crippen LogP) is 3.30. The number of benzene rings is 1. The molecule has 1 aliphatic rings. The van der Waals surface area contributed by atoms with Crippen LogP contribution >= 0.6 is 11.3 Å². The highest BCUT2D eigenvalue weighted by atomic mass is 32.1. The number of hydrogen-bond acceptors (Lipinski definition) is 4. The van der Waals surface area contributed by atoms with Crippen molar-refractivity contribution in [3.63, 3.8) is 0 Å². The van der Waals surface area contributed by atoms with Gasteiger partial charge >= 0.3 is 0 Å². The Morgan fingerprint density at radius 3 is 2.56 bits per heavy atom. The van der Waals surface area contributed by atoms with E-state index in [4.69, 9.17) is 4.74 Å². The van der Waals surface area contributed by atoms with Gasteiger partial charge in [0.25, 0.3) is 0 Å². The molecule has 0 saturated carbocycles. The van der Waals surface area contributed by atoms with Crippen LogP contribution in [-0.2, 0) is 27.4 Å². The number of hydrogen-bond donors (Lipinski definition) is 0. The van der Waals surface area contributed by atoms with E-state index in [-0.39, 0.29) is 24.5 Å². The summed E-state index contributed by atoms with van der Waals surface area (Å²) >= 11 is 1.64. The molecule has 0 N–H and O–H groups in total. The average molecular weight is 387 g/mol. The standard InChI is InChI=1S/C21H26N2O3S/c1-17(24)22(14-19-9-5-11-26-19)16-21(25)23(15-20-10-6-12-27-20)13-18-7-3-2-4-8-18/h2-4,6-8,10,12,19H,5,9,11,13-16H2,1H3. The Morgan fingerprint density at radius 2 is 1.93 bits per heavy atom. The van der Waals surface area contributed by atoms with E-state index in [0.29, 0.717) is 19.6 Å². The van der Waals surface area contributed by atoms with Crippen molar-refractivity contribution in [3.05, 3.63) is 58.3 Å². The molecule has 0 aliphatic carbocycles. The minimum atomic E-state index is -0.0883. The first-order valence-corrected chi connectivity index (χ1v) is 10.2. The van der Waals surface area contributed by atoms with Gasteiger partial charge in [0.1, 0.15) is 0 Å². The van der Waals surface area contributed by atoms with Gasteiger partial charge in [0.15, 0.2) is 0 Å².